The topological polar surface area (TPSA) is 37.3 Å². The summed E-state index contributed by atoms with van der Waals surface area (Å²) in [6.45, 7) is 1.44. The standard InChI is InChI=1S/C4H8O2.3Y/c1-4(6)2-3-5;;;/h5H,2-3H2,1H3;;;. The van der Waals surface area contributed by atoms with Crippen molar-refractivity contribution >= 4 is 5.78 Å². The van der Waals surface area contributed by atoms with E-state index in [0.717, 1.165) is 0 Å². The summed E-state index contributed by atoms with van der Waals surface area (Å²) in [5.74, 6) is 0.0394. The second kappa shape index (κ2) is 17.1. The summed E-state index contributed by atoms with van der Waals surface area (Å²) in [6, 6.07) is 0. The molecular formula is C4H8O2Y3. The molecule has 0 aliphatic carbocycles. The van der Waals surface area contributed by atoms with Crippen molar-refractivity contribution in [3.05, 3.63) is 0 Å². The summed E-state index contributed by atoms with van der Waals surface area (Å²) in [5.41, 5.74) is 0. The first kappa shape index (κ1) is 22.7. The van der Waals surface area contributed by atoms with Crippen LogP contribution in [0.3, 0.4) is 0 Å². The normalized spacial score (nSPS) is 5.56. The van der Waals surface area contributed by atoms with Crippen LogP contribution in [0.1, 0.15) is 13.3 Å². The molecule has 0 aromatic heterocycles. The smallest absolute Gasteiger partial charge is 0.132 e. The summed E-state index contributed by atoms with van der Waals surface area (Å²) >= 11 is 0. The van der Waals surface area contributed by atoms with E-state index in [-0.39, 0.29) is 111 Å². The molecule has 0 saturated heterocycles. The van der Waals surface area contributed by atoms with Gasteiger partial charge in [0.2, 0.25) is 0 Å². The monoisotopic (exact) mass is 355 g/mol. The molecule has 0 atom stereocenters. The molecule has 0 aromatic carbocycles. The van der Waals surface area contributed by atoms with Gasteiger partial charge in [0.05, 0.1) is 0 Å². The van der Waals surface area contributed by atoms with Crippen molar-refractivity contribution in [2.75, 3.05) is 6.61 Å². The molecule has 0 bridgehead atoms. The molecule has 0 fully saturated rings. The maximum atomic E-state index is 9.88. The van der Waals surface area contributed by atoms with Gasteiger partial charge in [0, 0.05) is 111 Å². The second-order valence-electron chi connectivity index (χ2n) is 1.18. The van der Waals surface area contributed by atoms with Crippen LogP contribution < -0.4 is 0 Å². The summed E-state index contributed by atoms with van der Waals surface area (Å²) in [7, 11) is 0. The Balaban J connectivity index is -0.0000000417. The fraction of sp³-hybridized carbons (Fsp3) is 0.750. The van der Waals surface area contributed by atoms with Crippen LogP contribution in [0.25, 0.3) is 0 Å². The van der Waals surface area contributed by atoms with Crippen LogP contribution in [0, 0.1) is 0 Å². The van der Waals surface area contributed by atoms with Crippen molar-refractivity contribution in [3.8, 4) is 0 Å². The van der Waals surface area contributed by atoms with Gasteiger partial charge in [-0.15, -0.1) is 0 Å². The van der Waals surface area contributed by atoms with Crippen molar-refractivity contribution in [1.82, 2.24) is 0 Å². The Morgan fingerprint density at radius 1 is 1.33 bits per heavy atom. The molecule has 5 heteroatoms. The summed E-state index contributed by atoms with van der Waals surface area (Å²) in [6.07, 6.45) is 0.292. The number of ketones is 1. The van der Waals surface area contributed by atoms with Gasteiger partial charge >= 0.3 is 0 Å². The summed E-state index contributed by atoms with van der Waals surface area (Å²) in [4.78, 5) is 9.88. The quantitative estimate of drug-likeness (QED) is 0.755. The van der Waals surface area contributed by atoms with Crippen molar-refractivity contribution < 1.29 is 108 Å². The predicted molar refractivity (Wildman–Crippen MR) is 22.4 cm³/mol. The number of hydrogen-bond donors (Lipinski definition) is 1. The number of rotatable bonds is 2. The van der Waals surface area contributed by atoms with Gasteiger partial charge in [-0.1, -0.05) is 0 Å². The number of carbonyl (C=O) groups excluding carboxylic acids is 1. The Kier molecular flexibility index (Phi) is 43.2. The largest absolute Gasteiger partial charge is 0.396 e. The molecule has 0 aromatic rings. The minimum Gasteiger partial charge on any atom is -0.396 e. The van der Waals surface area contributed by atoms with Gasteiger partial charge < -0.3 is 5.11 Å². The predicted octanol–water partition coefficient (Wildman–Crippen LogP) is -0.0497. The number of Topliss-reactive ketones (excluding diaryl/α,β-unsaturated/α-hetero) is 1. The zero-order valence-corrected chi connectivity index (χ0v) is 14.0. The zero-order chi connectivity index (χ0) is 4.99. The maximum Gasteiger partial charge on any atom is 0.132 e. The first-order valence-corrected chi connectivity index (χ1v) is 1.87. The van der Waals surface area contributed by atoms with Crippen LogP contribution in [0.4, 0.5) is 0 Å². The molecule has 0 spiro atoms. The number of aliphatic hydroxyl groups is 1. The van der Waals surface area contributed by atoms with E-state index in [9.17, 15) is 4.79 Å². The van der Waals surface area contributed by atoms with E-state index >= 15 is 0 Å². The maximum absolute atomic E-state index is 9.88. The Morgan fingerprint density at radius 3 is 1.67 bits per heavy atom. The number of hydrogen-bond acceptors (Lipinski definition) is 2. The molecule has 1 N–H and O–H groups in total. The Hall–Kier alpha value is 2.94. The molecule has 2 nitrogen and oxygen atoms in total. The van der Waals surface area contributed by atoms with E-state index in [1.165, 1.54) is 6.92 Å². The van der Waals surface area contributed by atoms with Gasteiger partial charge in [0.1, 0.15) is 5.78 Å². The van der Waals surface area contributed by atoms with Gasteiger partial charge in [0.15, 0.2) is 0 Å². The molecule has 0 unspecified atom stereocenters. The van der Waals surface area contributed by atoms with Crippen LogP contribution in [0.5, 0.6) is 0 Å². The Labute approximate surface area is 131 Å². The fourth-order valence-electron chi connectivity index (χ4n) is 0.157. The van der Waals surface area contributed by atoms with Gasteiger partial charge in [-0.2, -0.15) is 0 Å². The van der Waals surface area contributed by atoms with Crippen LogP contribution in [0.15, 0.2) is 0 Å². The minimum absolute atomic E-state index is 0. The van der Waals surface area contributed by atoms with E-state index in [2.05, 4.69) is 0 Å². The van der Waals surface area contributed by atoms with Crippen molar-refractivity contribution in [2.45, 2.75) is 13.3 Å². The van der Waals surface area contributed by atoms with Crippen molar-refractivity contribution in [3.63, 3.8) is 0 Å². The average Bonchev–Trinajstić information content (AvgIpc) is 1.35. The van der Waals surface area contributed by atoms with Crippen LogP contribution >= 0.6 is 0 Å². The van der Waals surface area contributed by atoms with Crippen LogP contribution in [0.2, 0.25) is 0 Å². The van der Waals surface area contributed by atoms with Crippen molar-refractivity contribution in [2.24, 2.45) is 0 Å². The molecule has 9 heavy (non-hydrogen) atoms. The summed E-state index contributed by atoms with van der Waals surface area (Å²) < 4.78 is 0. The SMILES string of the molecule is CC(=O)CCO.[Y].[Y].[Y]. The zero-order valence-electron chi connectivity index (χ0n) is 5.50. The third-order valence-corrected chi connectivity index (χ3v) is 0.464. The van der Waals surface area contributed by atoms with E-state index in [1.54, 1.807) is 0 Å². The molecule has 0 aliphatic rings. The Morgan fingerprint density at radius 2 is 1.67 bits per heavy atom. The van der Waals surface area contributed by atoms with Gasteiger partial charge in [-0.05, 0) is 6.92 Å². The minimum atomic E-state index is -0.0185. The molecule has 0 amide bonds. The Bertz CT molecular complexity index is 57.8. The van der Waals surface area contributed by atoms with Gasteiger partial charge in [-0.3, -0.25) is 4.79 Å². The molecule has 3 radical (unpaired) electrons. The van der Waals surface area contributed by atoms with E-state index in [4.69, 9.17) is 5.11 Å². The summed E-state index contributed by atoms with van der Waals surface area (Å²) in [5, 5.41) is 8.02. The third kappa shape index (κ3) is 24.8. The number of aliphatic hydroxyl groups excluding tert-OH is 1. The molecule has 0 rings (SSSR count). The van der Waals surface area contributed by atoms with Crippen LogP contribution in [-0.2, 0) is 103 Å². The molecule has 0 saturated carbocycles. The van der Waals surface area contributed by atoms with Crippen molar-refractivity contribution in [1.29, 1.82) is 0 Å². The van der Waals surface area contributed by atoms with E-state index in [1.807, 2.05) is 0 Å². The molecular weight excluding hydrogens is 347 g/mol. The van der Waals surface area contributed by atoms with E-state index in [0.29, 0.717) is 6.42 Å². The third-order valence-electron chi connectivity index (χ3n) is 0.464. The first-order chi connectivity index (χ1) is 2.77. The molecule has 0 heterocycles. The first-order valence-electron chi connectivity index (χ1n) is 1.87. The fourth-order valence-corrected chi connectivity index (χ4v) is 0.157. The second-order valence-corrected chi connectivity index (χ2v) is 1.18. The van der Waals surface area contributed by atoms with Gasteiger partial charge in [-0.25, -0.2) is 0 Å². The molecule has 45 valence electrons. The average molecular weight is 355 g/mol. The van der Waals surface area contributed by atoms with E-state index < -0.39 is 0 Å². The number of carbonyl (C=O) groups is 1. The molecule has 0 aliphatic heterocycles. The van der Waals surface area contributed by atoms with Crippen LogP contribution in [-0.4, -0.2) is 17.5 Å². The van der Waals surface area contributed by atoms with Gasteiger partial charge in [0.25, 0.3) is 0 Å².